The minimum atomic E-state index is -0.572. The molecule has 0 aliphatic carbocycles. The van der Waals surface area contributed by atoms with Gasteiger partial charge in [0.1, 0.15) is 0 Å². The van der Waals surface area contributed by atoms with Crippen molar-refractivity contribution in [2.75, 3.05) is 6.54 Å². The standard InChI is InChI=1S/C13H13ClN2O2/c1-8(17)6-16-13(18)10-4-9-5-11(14)2-3-12(9)15-7-10/h2-5,7-8,17H,6H2,1H3,(H,16,18). The Morgan fingerprint density at radius 2 is 2.28 bits per heavy atom. The number of carbonyl (C=O) groups is 1. The van der Waals surface area contributed by atoms with Gasteiger partial charge >= 0.3 is 0 Å². The maximum absolute atomic E-state index is 11.8. The summed E-state index contributed by atoms with van der Waals surface area (Å²) in [7, 11) is 0. The van der Waals surface area contributed by atoms with Crippen LogP contribution in [0.4, 0.5) is 0 Å². The van der Waals surface area contributed by atoms with Crippen LogP contribution in [0.2, 0.25) is 5.02 Å². The topological polar surface area (TPSA) is 62.2 Å². The molecule has 1 amide bonds. The second-order valence-electron chi connectivity index (χ2n) is 4.12. The van der Waals surface area contributed by atoms with Gasteiger partial charge in [0, 0.05) is 23.2 Å². The molecule has 94 valence electrons. The van der Waals surface area contributed by atoms with Crippen LogP contribution in [0.15, 0.2) is 30.5 Å². The van der Waals surface area contributed by atoms with Gasteiger partial charge in [0.15, 0.2) is 0 Å². The van der Waals surface area contributed by atoms with Gasteiger partial charge in [-0.25, -0.2) is 0 Å². The number of benzene rings is 1. The van der Waals surface area contributed by atoms with Crippen molar-refractivity contribution in [3.05, 3.63) is 41.0 Å². The highest BCUT2D eigenvalue weighted by Gasteiger charge is 2.08. The molecule has 0 saturated carbocycles. The summed E-state index contributed by atoms with van der Waals surface area (Å²) in [6.45, 7) is 1.82. The molecule has 0 fully saturated rings. The number of pyridine rings is 1. The molecule has 0 aliphatic heterocycles. The molecular weight excluding hydrogens is 252 g/mol. The van der Waals surface area contributed by atoms with Gasteiger partial charge in [0.25, 0.3) is 5.91 Å². The quantitative estimate of drug-likeness (QED) is 0.891. The Bertz CT molecular complexity index is 584. The first-order valence-electron chi connectivity index (χ1n) is 5.58. The molecule has 1 aromatic heterocycles. The Kier molecular flexibility index (Phi) is 3.79. The van der Waals surface area contributed by atoms with Crippen molar-refractivity contribution in [3.8, 4) is 0 Å². The van der Waals surface area contributed by atoms with Gasteiger partial charge in [0.05, 0.1) is 17.2 Å². The normalized spacial score (nSPS) is 12.4. The lowest BCUT2D eigenvalue weighted by Crippen LogP contribution is -2.30. The highest BCUT2D eigenvalue weighted by Crippen LogP contribution is 2.18. The summed E-state index contributed by atoms with van der Waals surface area (Å²) in [5.41, 5.74) is 1.23. The zero-order chi connectivity index (χ0) is 13.1. The van der Waals surface area contributed by atoms with E-state index in [-0.39, 0.29) is 12.5 Å². The van der Waals surface area contributed by atoms with Gasteiger partial charge in [0.2, 0.25) is 0 Å². The smallest absolute Gasteiger partial charge is 0.252 e. The van der Waals surface area contributed by atoms with Crippen LogP contribution in [0.1, 0.15) is 17.3 Å². The third-order valence-electron chi connectivity index (χ3n) is 2.46. The molecule has 0 aliphatic rings. The summed E-state index contributed by atoms with van der Waals surface area (Å²) in [6, 6.07) is 7.04. The van der Waals surface area contributed by atoms with E-state index in [1.54, 1.807) is 31.2 Å². The van der Waals surface area contributed by atoms with Gasteiger partial charge in [-0.3, -0.25) is 9.78 Å². The minimum absolute atomic E-state index is 0.215. The van der Waals surface area contributed by atoms with Crippen LogP contribution in [0.25, 0.3) is 10.9 Å². The lowest BCUT2D eigenvalue weighted by atomic mass is 10.1. The lowest BCUT2D eigenvalue weighted by molar-refractivity contribution is 0.0924. The van der Waals surface area contributed by atoms with Crippen LogP contribution in [-0.4, -0.2) is 28.6 Å². The van der Waals surface area contributed by atoms with E-state index in [0.29, 0.717) is 10.6 Å². The van der Waals surface area contributed by atoms with Crippen molar-refractivity contribution in [1.29, 1.82) is 0 Å². The molecule has 0 saturated heterocycles. The number of aromatic nitrogens is 1. The molecule has 1 heterocycles. The zero-order valence-electron chi connectivity index (χ0n) is 9.85. The summed E-state index contributed by atoms with van der Waals surface area (Å²) in [5.74, 6) is -0.259. The zero-order valence-corrected chi connectivity index (χ0v) is 10.6. The second kappa shape index (κ2) is 5.33. The monoisotopic (exact) mass is 264 g/mol. The van der Waals surface area contributed by atoms with E-state index in [1.807, 2.05) is 0 Å². The summed E-state index contributed by atoms with van der Waals surface area (Å²) < 4.78 is 0. The first-order valence-corrected chi connectivity index (χ1v) is 5.95. The largest absolute Gasteiger partial charge is 0.392 e. The second-order valence-corrected chi connectivity index (χ2v) is 4.56. The van der Waals surface area contributed by atoms with E-state index in [4.69, 9.17) is 16.7 Å². The molecule has 0 bridgehead atoms. The molecule has 1 atom stereocenters. The lowest BCUT2D eigenvalue weighted by Gasteiger charge is -2.07. The molecule has 2 N–H and O–H groups in total. The Hall–Kier alpha value is -1.65. The fraction of sp³-hybridized carbons (Fsp3) is 0.231. The third kappa shape index (κ3) is 2.97. The number of nitrogens with zero attached hydrogens (tertiary/aromatic N) is 1. The molecule has 4 nitrogen and oxygen atoms in total. The number of rotatable bonds is 3. The summed E-state index contributed by atoms with van der Waals surface area (Å²) in [6.07, 6.45) is 0.935. The van der Waals surface area contributed by atoms with Crippen LogP contribution in [0.3, 0.4) is 0 Å². The average molecular weight is 265 g/mol. The summed E-state index contributed by atoms with van der Waals surface area (Å²) in [4.78, 5) is 16.0. The first kappa shape index (κ1) is 12.8. The molecule has 0 radical (unpaired) electrons. The van der Waals surface area contributed by atoms with Crippen molar-refractivity contribution in [2.24, 2.45) is 0 Å². The molecule has 2 rings (SSSR count). The number of carbonyl (C=O) groups excluding carboxylic acids is 1. The Morgan fingerprint density at radius 3 is 3.00 bits per heavy atom. The number of hydrogen-bond donors (Lipinski definition) is 2. The highest BCUT2D eigenvalue weighted by molar-refractivity contribution is 6.31. The van der Waals surface area contributed by atoms with E-state index >= 15 is 0 Å². The number of aliphatic hydroxyl groups is 1. The van der Waals surface area contributed by atoms with Gasteiger partial charge in [-0.05, 0) is 31.2 Å². The maximum Gasteiger partial charge on any atom is 0.252 e. The summed E-state index contributed by atoms with van der Waals surface area (Å²) >= 11 is 5.89. The molecule has 1 unspecified atom stereocenters. The molecule has 2 aromatic rings. The number of halogens is 1. The van der Waals surface area contributed by atoms with Crippen molar-refractivity contribution in [3.63, 3.8) is 0 Å². The first-order chi connectivity index (χ1) is 8.56. The van der Waals surface area contributed by atoms with Crippen LogP contribution in [0.5, 0.6) is 0 Å². The molecule has 1 aromatic carbocycles. The van der Waals surface area contributed by atoms with Crippen molar-refractivity contribution < 1.29 is 9.90 Å². The molecular formula is C13H13ClN2O2. The SMILES string of the molecule is CC(O)CNC(=O)c1cnc2ccc(Cl)cc2c1. The maximum atomic E-state index is 11.8. The summed E-state index contributed by atoms with van der Waals surface area (Å²) in [5, 5.41) is 13.1. The van der Waals surface area contributed by atoms with E-state index in [2.05, 4.69) is 10.3 Å². The van der Waals surface area contributed by atoms with E-state index in [1.165, 1.54) is 6.20 Å². The van der Waals surface area contributed by atoms with Gasteiger partial charge < -0.3 is 10.4 Å². The molecule has 0 spiro atoms. The molecule has 5 heteroatoms. The predicted molar refractivity (Wildman–Crippen MR) is 70.8 cm³/mol. The third-order valence-corrected chi connectivity index (χ3v) is 2.70. The van der Waals surface area contributed by atoms with E-state index in [9.17, 15) is 4.79 Å². The van der Waals surface area contributed by atoms with E-state index < -0.39 is 6.10 Å². The Labute approximate surface area is 110 Å². The van der Waals surface area contributed by atoms with Gasteiger partial charge in [-0.2, -0.15) is 0 Å². The number of nitrogens with one attached hydrogen (secondary N) is 1. The predicted octanol–water partition coefficient (Wildman–Crippen LogP) is 2.00. The minimum Gasteiger partial charge on any atom is -0.392 e. The van der Waals surface area contributed by atoms with E-state index in [0.717, 1.165) is 10.9 Å². The van der Waals surface area contributed by atoms with Crippen molar-refractivity contribution >= 4 is 28.4 Å². The Morgan fingerprint density at radius 1 is 1.50 bits per heavy atom. The van der Waals surface area contributed by atoms with Crippen molar-refractivity contribution in [1.82, 2.24) is 10.3 Å². The van der Waals surface area contributed by atoms with Gasteiger partial charge in [-0.1, -0.05) is 11.6 Å². The number of amides is 1. The fourth-order valence-corrected chi connectivity index (χ4v) is 1.75. The van der Waals surface area contributed by atoms with Crippen LogP contribution >= 0.6 is 11.6 Å². The highest BCUT2D eigenvalue weighted by atomic mass is 35.5. The van der Waals surface area contributed by atoms with Crippen LogP contribution in [0, 0.1) is 0 Å². The van der Waals surface area contributed by atoms with Crippen LogP contribution in [-0.2, 0) is 0 Å². The number of aliphatic hydroxyl groups excluding tert-OH is 1. The average Bonchev–Trinajstić information content (AvgIpc) is 2.34. The van der Waals surface area contributed by atoms with Gasteiger partial charge in [-0.15, -0.1) is 0 Å². The fourth-order valence-electron chi connectivity index (χ4n) is 1.57. The molecule has 18 heavy (non-hydrogen) atoms. The number of fused-ring (bicyclic) bond motifs is 1. The number of hydrogen-bond acceptors (Lipinski definition) is 3. The van der Waals surface area contributed by atoms with Crippen LogP contribution < -0.4 is 5.32 Å². The Balaban J connectivity index is 2.26. The van der Waals surface area contributed by atoms with Crippen molar-refractivity contribution in [2.45, 2.75) is 13.0 Å².